The number of rotatable bonds is 11. The largest absolute Gasteiger partial charge is 0.494 e. The number of benzene rings is 3. The lowest BCUT2D eigenvalue weighted by Crippen LogP contribution is -2.36. The Bertz CT molecular complexity index is 1670. The molecule has 2 aliphatic rings. The third-order valence-electron chi connectivity index (χ3n) is 8.70. The molecule has 1 aliphatic carbocycles. The molecule has 10 nitrogen and oxygen atoms in total. The Morgan fingerprint density at radius 1 is 1.00 bits per heavy atom. The summed E-state index contributed by atoms with van der Waals surface area (Å²) in [4.78, 5) is 32.8. The number of carbonyl (C=O) groups excluding carboxylic acids is 2. The molecule has 2 heterocycles. The summed E-state index contributed by atoms with van der Waals surface area (Å²) in [6.07, 6.45) is 2.89. The van der Waals surface area contributed by atoms with Crippen molar-refractivity contribution in [3.05, 3.63) is 101 Å². The number of hydrogen-bond donors (Lipinski definition) is 1. The first-order chi connectivity index (χ1) is 23.2. The smallest absolute Gasteiger partial charge is 0.410 e. The van der Waals surface area contributed by atoms with Crippen LogP contribution in [0.3, 0.4) is 0 Å². The molecule has 1 saturated heterocycles. The topological polar surface area (TPSA) is 116 Å². The number of nitrogens with one attached hydrogen (secondary N) is 1. The maximum absolute atomic E-state index is 13.5. The summed E-state index contributed by atoms with van der Waals surface area (Å²) in [5.41, 5.74) is 4.95. The minimum Gasteiger partial charge on any atom is -0.494 e. The zero-order valence-electron chi connectivity index (χ0n) is 28.1. The van der Waals surface area contributed by atoms with Gasteiger partial charge in [0.05, 0.1) is 12.6 Å². The lowest BCUT2D eigenvalue weighted by Gasteiger charge is -2.23. The minimum absolute atomic E-state index is 0.0333. The highest BCUT2D eigenvalue weighted by Gasteiger charge is 2.37. The van der Waals surface area contributed by atoms with Crippen LogP contribution in [0.4, 0.5) is 9.59 Å². The van der Waals surface area contributed by atoms with Gasteiger partial charge < -0.3 is 24.1 Å². The van der Waals surface area contributed by atoms with Crippen LogP contribution >= 0.6 is 0 Å². The highest BCUT2D eigenvalue weighted by molar-refractivity contribution is 5.79. The summed E-state index contributed by atoms with van der Waals surface area (Å²) in [6, 6.07) is 23.2. The molecule has 0 unspecified atom stereocenters. The number of likely N-dealkylation sites (tertiary alicyclic amines) is 1. The van der Waals surface area contributed by atoms with Crippen molar-refractivity contribution in [1.29, 1.82) is 0 Å². The second kappa shape index (κ2) is 14.5. The lowest BCUT2D eigenvalue weighted by molar-refractivity contribution is 0.0500. The molecule has 3 aromatic carbocycles. The average molecular weight is 653 g/mol. The molecule has 1 aliphatic heterocycles. The van der Waals surface area contributed by atoms with Crippen molar-refractivity contribution in [1.82, 2.24) is 20.4 Å². The Hall–Kier alpha value is -4.86. The number of amides is 2. The second-order valence-electron chi connectivity index (χ2n) is 13.4. The van der Waals surface area contributed by atoms with E-state index in [-0.39, 0.29) is 12.5 Å². The molecular formula is C38H44N4O6. The Labute approximate surface area is 281 Å². The standard InChI is InChI=1S/C38H44N4O6/c1-5-6-22-45-26-19-17-25(18-20-26)23-32(39-36(43)47-38(2,3)4)34-40-35(48-41-34)33-16-11-21-42(33)37(44)46-24-31-29-14-9-7-12-27(29)28-13-8-10-15-30(28)31/h7-10,12-15,17-20,31-33H,5-6,11,16,21-24H2,1-4H3,(H,39,43)/t32-,33-/m0/s1. The lowest BCUT2D eigenvalue weighted by atomic mass is 9.98. The van der Waals surface area contributed by atoms with Gasteiger partial charge >= 0.3 is 12.2 Å². The van der Waals surface area contributed by atoms with E-state index in [1.807, 2.05) is 69.3 Å². The molecule has 6 rings (SSSR count). The second-order valence-corrected chi connectivity index (χ2v) is 13.4. The van der Waals surface area contributed by atoms with Gasteiger partial charge in [0, 0.05) is 18.9 Å². The molecule has 252 valence electrons. The normalized spacial score (nSPS) is 16.2. The van der Waals surface area contributed by atoms with Crippen LogP contribution in [-0.4, -0.2) is 52.6 Å². The van der Waals surface area contributed by atoms with Crippen LogP contribution in [0.5, 0.6) is 5.75 Å². The maximum Gasteiger partial charge on any atom is 0.410 e. The molecule has 2 atom stereocenters. The third kappa shape index (κ3) is 7.64. The number of ether oxygens (including phenoxy) is 3. The predicted molar refractivity (Wildman–Crippen MR) is 181 cm³/mol. The molecule has 4 aromatic rings. The van der Waals surface area contributed by atoms with Gasteiger partial charge in [-0.1, -0.05) is 79.2 Å². The predicted octanol–water partition coefficient (Wildman–Crippen LogP) is 8.14. The Balaban J connectivity index is 1.15. The molecule has 0 spiro atoms. The van der Waals surface area contributed by atoms with Crippen molar-refractivity contribution >= 4 is 12.2 Å². The van der Waals surface area contributed by atoms with E-state index in [0.717, 1.165) is 41.7 Å². The fourth-order valence-electron chi connectivity index (χ4n) is 6.39. The number of carbonyl (C=O) groups is 2. The Morgan fingerprint density at radius 2 is 1.69 bits per heavy atom. The van der Waals surface area contributed by atoms with Gasteiger partial charge in [0.2, 0.25) is 5.89 Å². The number of fused-ring (bicyclic) bond motifs is 3. The fraction of sp³-hybridized carbons (Fsp3) is 0.421. The zero-order valence-corrected chi connectivity index (χ0v) is 28.1. The maximum atomic E-state index is 13.5. The first kappa shape index (κ1) is 33.1. The van der Waals surface area contributed by atoms with E-state index >= 15 is 0 Å². The van der Waals surface area contributed by atoms with E-state index < -0.39 is 29.9 Å². The van der Waals surface area contributed by atoms with Crippen LogP contribution in [0.1, 0.15) is 99.8 Å². The highest BCUT2D eigenvalue weighted by Crippen LogP contribution is 2.44. The first-order valence-corrected chi connectivity index (χ1v) is 16.9. The van der Waals surface area contributed by atoms with E-state index in [0.29, 0.717) is 37.7 Å². The zero-order chi connectivity index (χ0) is 33.7. The van der Waals surface area contributed by atoms with Gasteiger partial charge in [0.25, 0.3) is 0 Å². The average Bonchev–Trinajstić information content (AvgIpc) is 3.82. The summed E-state index contributed by atoms with van der Waals surface area (Å²) in [5, 5.41) is 7.19. The molecule has 2 amide bonds. The summed E-state index contributed by atoms with van der Waals surface area (Å²) < 4.78 is 23.1. The van der Waals surface area contributed by atoms with Gasteiger partial charge in [-0.15, -0.1) is 0 Å². The van der Waals surface area contributed by atoms with Crippen LogP contribution in [-0.2, 0) is 15.9 Å². The van der Waals surface area contributed by atoms with Crippen LogP contribution in [0.15, 0.2) is 77.3 Å². The summed E-state index contributed by atoms with van der Waals surface area (Å²) in [7, 11) is 0. The Morgan fingerprint density at radius 3 is 2.35 bits per heavy atom. The van der Waals surface area contributed by atoms with Gasteiger partial charge in [0.1, 0.15) is 24.0 Å². The number of unbranched alkanes of at least 4 members (excludes halogenated alkanes) is 1. The third-order valence-corrected chi connectivity index (χ3v) is 8.70. The van der Waals surface area contributed by atoms with Crippen LogP contribution < -0.4 is 10.1 Å². The van der Waals surface area contributed by atoms with Crippen molar-refractivity contribution in [2.75, 3.05) is 19.8 Å². The van der Waals surface area contributed by atoms with Gasteiger partial charge in [0.15, 0.2) is 5.82 Å². The molecular weight excluding hydrogens is 608 g/mol. The number of aromatic nitrogens is 2. The van der Waals surface area contributed by atoms with Crippen molar-refractivity contribution in [2.24, 2.45) is 0 Å². The quantitative estimate of drug-likeness (QED) is 0.161. The van der Waals surface area contributed by atoms with Crippen molar-refractivity contribution in [2.45, 2.75) is 83.4 Å². The van der Waals surface area contributed by atoms with E-state index in [2.05, 4.69) is 41.7 Å². The molecule has 1 N–H and O–H groups in total. The minimum atomic E-state index is -0.679. The van der Waals surface area contributed by atoms with E-state index in [1.165, 1.54) is 11.1 Å². The molecule has 0 radical (unpaired) electrons. The van der Waals surface area contributed by atoms with Crippen molar-refractivity contribution in [3.8, 4) is 16.9 Å². The number of alkyl carbamates (subject to hydrolysis) is 1. The monoisotopic (exact) mass is 652 g/mol. The van der Waals surface area contributed by atoms with Gasteiger partial charge in [-0.3, -0.25) is 4.90 Å². The van der Waals surface area contributed by atoms with E-state index in [1.54, 1.807) is 4.90 Å². The van der Waals surface area contributed by atoms with Crippen LogP contribution in [0.2, 0.25) is 0 Å². The molecule has 10 heteroatoms. The van der Waals surface area contributed by atoms with Gasteiger partial charge in [-0.25, -0.2) is 9.59 Å². The molecule has 1 fully saturated rings. The summed E-state index contributed by atoms with van der Waals surface area (Å²) in [5.74, 6) is 1.37. The number of nitrogens with zero attached hydrogens (tertiary/aromatic N) is 3. The van der Waals surface area contributed by atoms with Gasteiger partial charge in [-0.2, -0.15) is 4.98 Å². The highest BCUT2D eigenvalue weighted by atomic mass is 16.6. The summed E-state index contributed by atoms with van der Waals surface area (Å²) in [6.45, 7) is 8.97. The molecule has 0 bridgehead atoms. The Kier molecular flexibility index (Phi) is 9.98. The molecule has 48 heavy (non-hydrogen) atoms. The van der Waals surface area contributed by atoms with Crippen LogP contribution in [0, 0.1) is 0 Å². The van der Waals surface area contributed by atoms with Crippen molar-refractivity contribution < 1.29 is 28.3 Å². The molecule has 0 saturated carbocycles. The molecule has 1 aromatic heterocycles. The van der Waals surface area contributed by atoms with E-state index in [4.69, 9.17) is 23.7 Å². The SMILES string of the molecule is CCCCOc1ccc(C[C@H](NC(=O)OC(C)(C)C)c2noc([C@@H]3CCCN3C(=O)OCC3c4ccccc4-c4ccccc43)n2)cc1. The van der Waals surface area contributed by atoms with Crippen molar-refractivity contribution in [3.63, 3.8) is 0 Å². The van der Waals surface area contributed by atoms with Crippen LogP contribution in [0.25, 0.3) is 11.1 Å². The van der Waals surface area contributed by atoms with E-state index in [9.17, 15) is 9.59 Å². The fourth-order valence-corrected chi connectivity index (χ4v) is 6.39. The first-order valence-electron chi connectivity index (χ1n) is 16.9. The van der Waals surface area contributed by atoms with Gasteiger partial charge in [-0.05, 0) is 80.0 Å². The number of hydrogen-bond acceptors (Lipinski definition) is 8. The summed E-state index contributed by atoms with van der Waals surface area (Å²) >= 11 is 0.